The van der Waals surface area contributed by atoms with Gasteiger partial charge in [-0.1, -0.05) is 6.07 Å². The van der Waals surface area contributed by atoms with Crippen LogP contribution >= 0.6 is 0 Å². The van der Waals surface area contributed by atoms with Crippen LogP contribution in [0.15, 0.2) is 54.6 Å². The Kier molecular flexibility index (Phi) is 15.7. The molecule has 0 saturated carbocycles. The van der Waals surface area contributed by atoms with Gasteiger partial charge in [0.1, 0.15) is 19.6 Å². The van der Waals surface area contributed by atoms with E-state index in [1.807, 2.05) is 48.5 Å². The molecule has 12 nitrogen and oxygen atoms in total. The normalized spacial score (nSPS) is 10.8. The maximum Gasteiger partial charge on any atom is 0.203 e. The minimum Gasteiger partial charge on any atom is -1.00 e. The third kappa shape index (κ3) is 9.68. The van der Waals surface area contributed by atoms with E-state index in [0.29, 0.717) is 100 Å². The van der Waals surface area contributed by atoms with Crippen molar-refractivity contribution in [3.63, 3.8) is 0 Å². The van der Waals surface area contributed by atoms with Crippen LogP contribution in [-0.4, -0.2) is 89.2 Å². The Morgan fingerprint density at radius 3 is 0.887 bits per heavy atom. The van der Waals surface area contributed by atoms with E-state index in [4.69, 9.17) is 52.1 Å². The fraction of sp³-hybridized carbons (Fsp3) is 0.400. The van der Waals surface area contributed by atoms with Gasteiger partial charge >= 0.3 is 0 Å². The number of hydrogen-bond acceptors (Lipinski definition) is 11. The number of ether oxygens (including phenoxy) is 11. The summed E-state index contributed by atoms with van der Waals surface area (Å²) in [4.78, 5) is 0. The topological polar surface area (TPSA) is 102 Å². The van der Waals surface area contributed by atoms with Gasteiger partial charge in [0, 0.05) is 23.1 Å². The lowest BCUT2D eigenvalue weighted by Gasteiger charge is -2.40. The van der Waals surface area contributed by atoms with Gasteiger partial charge in [-0.05, 0) is 54.1 Å². The van der Waals surface area contributed by atoms with Crippen LogP contribution in [0.3, 0.4) is 0 Å². The number of nitrogens with zero attached hydrogens (tertiary/aromatic N) is 1. The highest BCUT2D eigenvalue weighted by molar-refractivity contribution is 5.56. The highest BCUT2D eigenvalue weighted by atomic mass is 35.5. The molecule has 0 radical (unpaired) electrons. The summed E-state index contributed by atoms with van der Waals surface area (Å²) < 4.78 is 63.4. The van der Waals surface area contributed by atoms with Crippen LogP contribution in [-0.2, 0) is 26.1 Å². The highest BCUT2D eigenvalue weighted by Crippen LogP contribution is 2.43. The maximum absolute atomic E-state index is 5.79. The molecule has 13 heteroatoms. The zero-order valence-electron chi connectivity index (χ0n) is 32.5. The Bertz CT molecular complexity index is 1570. The minimum atomic E-state index is 0. The molecule has 0 aromatic heterocycles. The molecule has 0 N–H and O–H groups in total. The van der Waals surface area contributed by atoms with E-state index >= 15 is 0 Å². The van der Waals surface area contributed by atoms with Gasteiger partial charge in [0.15, 0.2) is 46.0 Å². The fourth-order valence-electron chi connectivity index (χ4n) is 6.65. The summed E-state index contributed by atoms with van der Waals surface area (Å²) in [6.45, 7) is 2.34. The van der Waals surface area contributed by atoms with Crippen LogP contribution in [0.2, 0.25) is 0 Å². The molecule has 0 aliphatic carbocycles. The number of halogens is 1. The number of hydrogen-bond donors (Lipinski definition) is 0. The molecule has 0 amide bonds. The van der Waals surface area contributed by atoms with Crippen molar-refractivity contribution in [2.75, 3.05) is 84.8 Å². The van der Waals surface area contributed by atoms with Crippen LogP contribution in [0.1, 0.15) is 22.3 Å². The molecule has 0 spiro atoms. The third-order valence-corrected chi connectivity index (χ3v) is 9.05. The first-order valence-corrected chi connectivity index (χ1v) is 16.6. The molecule has 4 aromatic rings. The predicted octanol–water partition coefficient (Wildman–Crippen LogP) is 3.75. The Hall–Kier alpha value is -5.07. The summed E-state index contributed by atoms with van der Waals surface area (Å²) in [7, 11) is 17.8. The van der Waals surface area contributed by atoms with E-state index < -0.39 is 0 Å². The summed E-state index contributed by atoms with van der Waals surface area (Å²) in [6.07, 6.45) is 0.694. The lowest BCUT2D eigenvalue weighted by molar-refractivity contribution is -0.966. The molecule has 53 heavy (non-hydrogen) atoms. The third-order valence-electron chi connectivity index (χ3n) is 9.05. The van der Waals surface area contributed by atoms with Gasteiger partial charge in [-0.3, -0.25) is 0 Å². The van der Waals surface area contributed by atoms with Crippen molar-refractivity contribution in [1.29, 1.82) is 0 Å². The van der Waals surface area contributed by atoms with Crippen LogP contribution in [0.5, 0.6) is 63.2 Å². The van der Waals surface area contributed by atoms with Crippen LogP contribution in [0.4, 0.5) is 0 Å². The van der Waals surface area contributed by atoms with Crippen molar-refractivity contribution in [1.82, 2.24) is 0 Å². The van der Waals surface area contributed by atoms with Crippen molar-refractivity contribution >= 4 is 0 Å². The van der Waals surface area contributed by atoms with Gasteiger partial charge in [-0.25, -0.2) is 0 Å². The van der Waals surface area contributed by atoms with Gasteiger partial charge in [0.25, 0.3) is 0 Å². The molecule has 0 aliphatic heterocycles. The second kappa shape index (κ2) is 19.7. The molecule has 0 aliphatic rings. The van der Waals surface area contributed by atoms with Gasteiger partial charge in [-0.15, -0.1) is 0 Å². The summed E-state index contributed by atoms with van der Waals surface area (Å²) in [6, 6.07) is 18.0. The molecule has 0 saturated heterocycles. The standard InChI is InChI=1S/C40H52NO11.ClH/c1-42-30-13-12-26(16-31(30)43-2)14-15-41(23-27-17-32(44-3)38(50-9)33(18-27)45-4,24-28-19-34(46-5)39(51-10)35(20-28)47-6)25-29-21-36(48-7)40(52-11)37(22-29)49-8;/h12-13,16-22H,14-15,23-25H2,1-11H3;1H/q+1;/p-1. The Morgan fingerprint density at radius 1 is 0.340 bits per heavy atom. The molecule has 0 heterocycles. The zero-order valence-corrected chi connectivity index (χ0v) is 33.3. The molecule has 0 unspecified atom stereocenters. The van der Waals surface area contributed by atoms with Crippen molar-refractivity contribution < 1.29 is 69.0 Å². The smallest absolute Gasteiger partial charge is 0.203 e. The first kappa shape index (κ1) is 42.3. The van der Waals surface area contributed by atoms with E-state index in [0.717, 1.165) is 22.3 Å². The van der Waals surface area contributed by atoms with E-state index in [1.165, 1.54) is 0 Å². The lowest BCUT2D eigenvalue weighted by Crippen LogP contribution is -3.00. The number of rotatable bonds is 20. The number of quaternary nitrogens is 1. The Balaban J connectivity index is 0.00000756. The van der Waals surface area contributed by atoms with Crippen LogP contribution in [0.25, 0.3) is 0 Å². The molecule has 0 bridgehead atoms. The molecular formula is C40H52ClNO11. The summed E-state index contributed by atoms with van der Waals surface area (Å²) in [5.41, 5.74) is 4.00. The van der Waals surface area contributed by atoms with Crippen molar-refractivity contribution in [3.05, 3.63) is 76.9 Å². The second-order valence-corrected chi connectivity index (χ2v) is 12.1. The maximum atomic E-state index is 5.79. The first-order valence-electron chi connectivity index (χ1n) is 16.6. The van der Waals surface area contributed by atoms with Crippen molar-refractivity contribution in [2.45, 2.75) is 26.1 Å². The van der Waals surface area contributed by atoms with Gasteiger partial charge in [0.2, 0.25) is 17.2 Å². The van der Waals surface area contributed by atoms with Gasteiger partial charge in [0.05, 0.1) is 84.8 Å². The summed E-state index contributed by atoms with van der Waals surface area (Å²) >= 11 is 0. The fourth-order valence-corrected chi connectivity index (χ4v) is 6.65. The lowest BCUT2D eigenvalue weighted by atomic mass is 10.0. The molecular weight excluding hydrogens is 706 g/mol. The number of methoxy groups -OCH3 is 11. The second-order valence-electron chi connectivity index (χ2n) is 12.1. The Labute approximate surface area is 319 Å². The molecule has 290 valence electrons. The van der Waals surface area contributed by atoms with Gasteiger partial charge in [-0.2, -0.15) is 0 Å². The zero-order chi connectivity index (χ0) is 37.8. The average molecular weight is 758 g/mol. The monoisotopic (exact) mass is 757 g/mol. The van der Waals surface area contributed by atoms with Crippen molar-refractivity contribution in [3.8, 4) is 63.2 Å². The van der Waals surface area contributed by atoms with Crippen molar-refractivity contribution in [2.24, 2.45) is 0 Å². The van der Waals surface area contributed by atoms with Crippen LogP contribution < -0.4 is 64.5 Å². The summed E-state index contributed by atoms with van der Waals surface area (Å²) in [5, 5.41) is 0. The highest BCUT2D eigenvalue weighted by Gasteiger charge is 2.33. The largest absolute Gasteiger partial charge is 1.00 e. The van der Waals surface area contributed by atoms with Gasteiger partial charge < -0.3 is 69.0 Å². The molecule has 0 fully saturated rings. The first-order chi connectivity index (χ1) is 25.2. The Morgan fingerprint density at radius 2 is 0.623 bits per heavy atom. The molecule has 4 aromatic carbocycles. The quantitative estimate of drug-likeness (QED) is 0.123. The number of benzene rings is 4. The molecule has 4 rings (SSSR count). The van der Waals surface area contributed by atoms with E-state index in [-0.39, 0.29) is 12.4 Å². The average Bonchev–Trinajstić information content (AvgIpc) is 3.18. The summed E-state index contributed by atoms with van der Waals surface area (Å²) in [5.74, 6) is 6.28. The SMILES string of the molecule is COc1ccc(CC[N+](Cc2cc(OC)c(OC)c(OC)c2)(Cc2cc(OC)c(OC)c(OC)c2)Cc2cc(OC)c(OC)c(OC)c2)cc1OC.[Cl-]. The van der Waals surface area contributed by atoms with E-state index in [1.54, 1.807) is 78.2 Å². The van der Waals surface area contributed by atoms with E-state index in [2.05, 4.69) is 6.07 Å². The predicted molar refractivity (Wildman–Crippen MR) is 198 cm³/mol. The van der Waals surface area contributed by atoms with Crippen LogP contribution in [0, 0.1) is 0 Å². The minimum absolute atomic E-state index is 0. The van der Waals surface area contributed by atoms with E-state index in [9.17, 15) is 0 Å². The molecule has 0 atom stereocenters.